The second kappa shape index (κ2) is 8.11. The first kappa shape index (κ1) is 17.5. The Labute approximate surface area is 138 Å². The average molecular weight is 317 g/mol. The lowest BCUT2D eigenvalue weighted by molar-refractivity contribution is -0.126. The number of primary amides is 1. The van der Waals surface area contributed by atoms with Crippen molar-refractivity contribution in [2.75, 3.05) is 18.4 Å². The van der Waals surface area contributed by atoms with Gasteiger partial charge in [-0.2, -0.15) is 0 Å². The van der Waals surface area contributed by atoms with Gasteiger partial charge >= 0.3 is 0 Å². The molecule has 3 N–H and O–H groups in total. The molecule has 2 amide bonds. The number of hydrogen-bond donors (Lipinski definition) is 2. The first-order chi connectivity index (χ1) is 11.1. The van der Waals surface area contributed by atoms with Gasteiger partial charge in [-0.1, -0.05) is 38.5 Å². The van der Waals surface area contributed by atoms with Crippen molar-refractivity contribution in [2.24, 2.45) is 5.73 Å². The second-order valence-electron chi connectivity index (χ2n) is 6.09. The van der Waals surface area contributed by atoms with E-state index in [4.69, 9.17) is 5.73 Å². The second-order valence-corrected chi connectivity index (χ2v) is 6.09. The van der Waals surface area contributed by atoms with Crippen LogP contribution in [0.1, 0.15) is 44.2 Å². The van der Waals surface area contributed by atoms with Crippen molar-refractivity contribution >= 4 is 17.5 Å². The van der Waals surface area contributed by atoms with Gasteiger partial charge in [0.15, 0.2) is 0 Å². The fourth-order valence-electron chi connectivity index (χ4n) is 3.27. The first-order valence-corrected chi connectivity index (χ1v) is 8.50. The number of hydrogen-bond acceptors (Lipinski definition) is 3. The van der Waals surface area contributed by atoms with Gasteiger partial charge in [-0.15, -0.1) is 0 Å². The Morgan fingerprint density at radius 3 is 2.43 bits per heavy atom. The number of nitrogens with two attached hydrogens (primary N) is 1. The molecule has 0 unspecified atom stereocenters. The number of carbonyl (C=O) groups excluding carboxylic acids is 2. The number of nitrogens with one attached hydrogen (secondary N) is 1. The smallest absolute Gasteiger partial charge is 0.238 e. The molecule has 1 atom stereocenters. The summed E-state index contributed by atoms with van der Waals surface area (Å²) in [5.74, 6) is -0.408. The van der Waals surface area contributed by atoms with Crippen molar-refractivity contribution in [3.05, 3.63) is 29.3 Å². The van der Waals surface area contributed by atoms with E-state index < -0.39 is 0 Å². The third kappa shape index (κ3) is 4.32. The van der Waals surface area contributed by atoms with Gasteiger partial charge in [-0.05, 0) is 43.4 Å². The first-order valence-electron chi connectivity index (χ1n) is 8.50. The maximum absolute atomic E-state index is 12.5. The molecule has 5 nitrogen and oxygen atoms in total. The fourth-order valence-corrected chi connectivity index (χ4v) is 3.27. The van der Waals surface area contributed by atoms with Crippen LogP contribution in [0.5, 0.6) is 0 Å². The summed E-state index contributed by atoms with van der Waals surface area (Å²) in [5, 5.41) is 3.06. The molecule has 0 bridgehead atoms. The summed E-state index contributed by atoms with van der Waals surface area (Å²) >= 11 is 0. The number of nitrogens with zero attached hydrogens (tertiary/aromatic N) is 1. The van der Waals surface area contributed by atoms with Gasteiger partial charge in [0.1, 0.15) is 0 Å². The summed E-state index contributed by atoms with van der Waals surface area (Å²) in [6.45, 7) is 5.13. The van der Waals surface area contributed by atoms with Crippen LogP contribution in [0.3, 0.4) is 0 Å². The van der Waals surface area contributed by atoms with E-state index in [-0.39, 0.29) is 24.4 Å². The SMILES string of the molecule is CCc1cccc(CC)c1NC(=O)CN1CCCC[C@@H]1C(N)=O. The molecule has 0 aliphatic carbocycles. The molecule has 2 rings (SSSR count). The van der Waals surface area contributed by atoms with Crippen LogP contribution < -0.4 is 11.1 Å². The van der Waals surface area contributed by atoms with Crippen molar-refractivity contribution in [3.8, 4) is 0 Å². The Morgan fingerprint density at radius 2 is 1.87 bits per heavy atom. The minimum absolute atomic E-state index is 0.0752. The number of amides is 2. The van der Waals surface area contributed by atoms with Crippen LogP contribution in [0, 0.1) is 0 Å². The molecule has 1 aliphatic heterocycles. The molecule has 0 saturated carbocycles. The maximum atomic E-state index is 12.5. The monoisotopic (exact) mass is 317 g/mol. The van der Waals surface area contributed by atoms with Crippen LogP contribution in [-0.4, -0.2) is 35.8 Å². The maximum Gasteiger partial charge on any atom is 0.238 e. The van der Waals surface area contributed by atoms with E-state index in [1.54, 1.807) is 0 Å². The quantitative estimate of drug-likeness (QED) is 0.843. The number of benzene rings is 1. The van der Waals surface area contributed by atoms with Crippen LogP contribution in [-0.2, 0) is 22.4 Å². The summed E-state index contributed by atoms with van der Waals surface area (Å²) in [7, 11) is 0. The van der Waals surface area contributed by atoms with Crippen molar-refractivity contribution in [1.82, 2.24) is 4.90 Å². The minimum Gasteiger partial charge on any atom is -0.368 e. The molecule has 1 aromatic carbocycles. The van der Waals surface area contributed by atoms with E-state index in [1.807, 2.05) is 23.1 Å². The predicted molar refractivity (Wildman–Crippen MR) is 92.2 cm³/mol. The number of anilines is 1. The molecular formula is C18H27N3O2. The molecule has 5 heteroatoms. The van der Waals surface area contributed by atoms with Crippen LogP contribution in [0.4, 0.5) is 5.69 Å². The van der Waals surface area contributed by atoms with E-state index in [0.717, 1.165) is 55.5 Å². The summed E-state index contributed by atoms with van der Waals surface area (Å²) in [4.78, 5) is 25.9. The van der Waals surface area contributed by atoms with Gasteiger partial charge in [-0.3, -0.25) is 14.5 Å². The molecule has 126 valence electrons. The summed E-state index contributed by atoms with van der Waals surface area (Å²) < 4.78 is 0. The Hall–Kier alpha value is -1.88. The van der Waals surface area contributed by atoms with E-state index in [2.05, 4.69) is 19.2 Å². The average Bonchev–Trinajstić information content (AvgIpc) is 2.55. The van der Waals surface area contributed by atoms with Gasteiger partial charge in [0.05, 0.1) is 12.6 Å². The molecule has 1 aromatic rings. The summed E-state index contributed by atoms with van der Waals surface area (Å²) in [5.41, 5.74) is 8.67. The Bertz CT molecular complexity index is 549. The molecule has 0 radical (unpaired) electrons. The highest BCUT2D eigenvalue weighted by atomic mass is 16.2. The Morgan fingerprint density at radius 1 is 1.22 bits per heavy atom. The molecule has 0 spiro atoms. The summed E-state index contributed by atoms with van der Waals surface area (Å²) in [6, 6.07) is 5.80. The molecular weight excluding hydrogens is 290 g/mol. The van der Waals surface area contributed by atoms with Crippen LogP contribution in [0.25, 0.3) is 0 Å². The topological polar surface area (TPSA) is 75.4 Å². The molecule has 23 heavy (non-hydrogen) atoms. The normalized spacial score (nSPS) is 18.6. The Kier molecular flexibility index (Phi) is 6.16. The molecule has 0 aromatic heterocycles. The minimum atomic E-state index is -0.333. The number of para-hydroxylation sites is 1. The van der Waals surface area contributed by atoms with Crippen LogP contribution in [0.15, 0.2) is 18.2 Å². The van der Waals surface area contributed by atoms with E-state index in [0.29, 0.717) is 0 Å². The fraction of sp³-hybridized carbons (Fsp3) is 0.556. The van der Waals surface area contributed by atoms with Crippen molar-refractivity contribution in [2.45, 2.75) is 52.0 Å². The highest BCUT2D eigenvalue weighted by Crippen LogP contribution is 2.23. The number of piperidine rings is 1. The highest BCUT2D eigenvalue weighted by molar-refractivity contribution is 5.94. The highest BCUT2D eigenvalue weighted by Gasteiger charge is 2.28. The van der Waals surface area contributed by atoms with Gasteiger partial charge < -0.3 is 11.1 Å². The summed E-state index contributed by atoms with van der Waals surface area (Å²) in [6.07, 6.45) is 4.48. The zero-order valence-electron chi connectivity index (χ0n) is 14.1. The zero-order valence-corrected chi connectivity index (χ0v) is 14.1. The van der Waals surface area contributed by atoms with Gasteiger partial charge in [0.25, 0.3) is 0 Å². The lowest BCUT2D eigenvalue weighted by Gasteiger charge is -2.33. The number of aryl methyl sites for hydroxylation is 2. The number of carbonyl (C=O) groups is 2. The van der Waals surface area contributed by atoms with Gasteiger partial charge in [-0.25, -0.2) is 0 Å². The third-order valence-electron chi connectivity index (χ3n) is 4.55. The standard InChI is InChI=1S/C18H27N3O2/c1-3-13-8-7-9-14(4-2)17(13)20-16(22)12-21-11-6-5-10-15(21)18(19)23/h7-9,15H,3-6,10-12H2,1-2H3,(H2,19,23)(H,20,22)/t15-/m1/s1. The molecule has 1 heterocycles. The lowest BCUT2D eigenvalue weighted by Crippen LogP contribution is -2.50. The van der Waals surface area contributed by atoms with E-state index in [9.17, 15) is 9.59 Å². The third-order valence-corrected chi connectivity index (χ3v) is 4.55. The van der Waals surface area contributed by atoms with Gasteiger partial charge in [0, 0.05) is 5.69 Å². The molecule has 1 fully saturated rings. The zero-order chi connectivity index (χ0) is 16.8. The molecule has 1 aliphatic rings. The van der Waals surface area contributed by atoms with E-state index >= 15 is 0 Å². The van der Waals surface area contributed by atoms with Crippen LogP contribution >= 0.6 is 0 Å². The van der Waals surface area contributed by atoms with Crippen molar-refractivity contribution in [3.63, 3.8) is 0 Å². The predicted octanol–water partition coefficient (Wildman–Crippen LogP) is 2.09. The Balaban J connectivity index is 2.09. The van der Waals surface area contributed by atoms with Crippen molar-refractivity contribution in [1.29, 1.82) is 0 Å². The molecule has 1 saturated heterocycles. The van der Waals surface area contributed by atoms with E-state index in [1.165, 1.54) is 0 Å². The number of likely N-dealkylation sites (tertiary alicyclic amines) is 1. The number of rotatable bonds is 6. The van der Waals surface area contributed by atoms with Crippen LogP contribution in [0.2, 0.25) is 0 Å². The lowest BCUT2D eigenvalue weighted by atomic mass is 10.0. The van der Waals surface area contributed by atoms with Crippen molar-refractivity contribution < 1.29 is 9.59 Å². The largest absolute Gasteiger partial charge is 0.368 e. The van der Waals surface area contributed by atoms with Gasteiger partial charge in [0.2, 0.25) is 11.8 Å².